The molecule has 5 nitrogen and oxygen atoms in total. The highest BCUT2D eigenvalue weighted by Gasteiger charge is 2.54. The van der Waals surface area contributed by atoms with Gasteiger partial charge in [0.1, 0.15) is 5.75 Å². The topological polar surface area (TPSA) is 69.7 Å². The number of carbonyl (C=O) groups is 3. The number of hydrogen-bond donors (Lipinski definition) is 0. The van der Waals surface area contributed by atoms with Gasteiger partial charge in [-0.25, -0.2) is 0 Å². The highest BCUT2D eigenvalue weighted by molar-refractivity contribution is 5.97. The highest BCUT2D eigenvalue weighted by Crippen LogP contribution is 2.60. The Morgan fingerprint density at radius 2 is 1.52 bits per heavy atom. The summed E-state index contributed by atoms with van der Waals surface area (Å²) in [4.78, 5) is 37.3. The zero-order chi connectivity index (χ0) is 20.4. The maximum atomic E-state index is 12.9. The van der Waals surface area contributed by atoms with E-state index < -0.39 is 5.97 Å². The van der Waals surface area contributed by atoms with E-state index in [2.05, 4.69) is 0 Å². The van der Waals surface area contributed by atoms with Gasteiger partial charge >= 0.3 is 5.97 Å². The van der Waals surface area contributed by atoms with E-state index in [0.717, 1.165) is 19.3 Å². The Labute approximate surface area is 172 Å². The van der Waals surface area contributed by atoms with E-state index in [1.165, 1.54) is 19.3 Å². The van der Waals surface area contributed by atoms with E-state index >= 15 is 0 Å². The van der Waals surface area contributed by atoms with Gasteiger partial charge in [0, 0.05) is 17.4 Å². The van der Waals surface area contributed by atoms with Crippen molar-refractivity contribution in [2.75, 3.05) is 13.2 Å². The van der Waals surface area contributed by atoms with Crippen LogP contribution in [0.3, 0.4) is 0 Å². The molecule has 0 aliphatic heterocycles. The Bertz CT molecular complexity index is 744. The van der Waals surface area contributed by atoms with Crippen LogP contribution in [0.15, 0.2) is 24.3 Å². The molecule has 29 heavy (non-hydrogen) atoms. The maximum Gasteiger partial charge on any atom is 0.306 e. The number of esters is 1. The fourth-order valence-corrected chi connectivity index (χ4v) is 6.09. The van der Waals surface area contributed by atoms with Crippen molar-refractivity contribution in [1.82, 2.24) is 0 Å². The normalized spacial score (nSPS) is 29.5. The van der Waals surface area contributed by atoms with E-state index in [1.54, 1.807) is 24.3 Å². The first-order valence-corrected chi connectivity index (χ1v) is 10.9. The summed E-state index contributed by atoms with van der Waals surface area (Å²) in [5, 5.41) is 0. The molecule has 1 aromatic carbocycles. The lowest BCUT2D eigenvalue weighted by Crippen LogP contribution is -2.51. The van der Waals surface area contributed by atoms with E-state index in [9.17, 15) is 14.4 Å². The van der Waals surface area contributed by atoms with E-state index in [1.807, 2.05) is 6.92 Å². The molecule has 4 saturated carbocycles. The van der Waals surface area contributed by atoms with Crippen molar-refractivity contribution >= 4 is 17.5 Å². The second-order valence-corrected chi connectivity index (χ2v) is 9.16. The molecule has 0 unspecified atom stereocenters. The molecule has 156 valence electrons. The minimum absolute atomic E-state index is 0.000198. The fraction of sp³-hybridized carbons (Fsp3) is 0.625. The first kappa shape index (κ1) is 20.1. The number of carbonyl (C=O) groups excluding carboxylic acids is 3. The Balaban J connectivity index is 1.23. The van der Waals surface area contributed by atoms with Crippen LogP contribution in [-0.4, -0.2) is 30.7 Å². The van der Waals surface area contributed by atoms with Crippen molar-refractivity contribution in [2.24, 2.45) is 23.2 Å². The third-order valence-electron chi connectivity index (χ3n) is 7.04. The number of Topliss-reactive ketones (excluding diaryl/α,β-unsaturated/α-hetero) is 2. The Hall–Kier alpha value is -2.17. The van der Waals surface area contributed by atoms with E-state index in [4.69, 9.17) is 9.47 Å². The molecule has 4 aliphatic rings. The number of ether oxygens (including phenoxy) is 2. The molecule has 4 bridgehead atoms. The van der Waals surface area contributed by atoms with Crippen LogP contribution < -0.4 is 4.74 Å². The number of benzene rings is 1. The van der Waals surface area contributed by atoms with Crippen molar-refractivity contribution in [3.05, 3.63) is 29.8 Å². The van der Waals surface area contributed by atoms with Crippen LogP contribution in [0.25, 0.3) is 0 Å². The zero-order valence-corrected chi connectivity index (χ0v) is 17.2. The molecular weight excluding hydrogens is 368 g/mol. The summed E-state index contributed by atoms with van der Waals surface area (Å²) in [6.07, 6.45) is 6.85. The van der Waals surface area contributed by atoms with Gasteiger partial charge in [-0.1, -0.05) is 0 Å². The molecule has 1 aromatic rings. The average molecular weight is 398 g/mol. The third-order valence-corrected chi connectivity index (χ3v) is 7.04. The summed E-state index contributed by atoms with van der Waals surface area (Å²) in [5.74, 6) is 2.29. The van der Waals surface area contributed by atoms with Gasteiger partial charge in [-0.2, -0.15) is 0 Å². The molecule has 0 heterocycles. The molecule has 0 saturated heterocycles. The first-order valence-electron chi connectivity index (χ1n) is 10.9. The Kier molecular flexibility index (Phi) is 5.75. The minimum Gasteiger partial charge on any atom is -0.494 e. The van der Waals surface area contributed by atoms with Crippen molar-refractivity contribution in [1.29, 1.82) is 0 Å². The molecule has 0 amide bonds. The van der Waals surface area contributed by atoms with Crippen LogP contribution in [0.5, 0.6) is 5.75 Å². The summed E-state index contributed by atoms with van der Waals surface area (Å²) in [5.41, 5.74) is 0.304. The van der Waals surface area contributed by atoms with Gasteiger partial charge in [0.15, 0.2) is 18.2 Å². The van der Waals surface area contributed by atoms with Gasteiger partial charge in [-0.15, -0.1) is 0 Å². The summed E-state index contributed by atoms with van der Waals surface area (Å²) >= 11 is 0. The largest absolute Gasteiger partial charge is 0.494 e. The monoisotopic (exact) mass is 398 g/mol. The third kappa shape index (κ3) is 4.39. The highest BCUT2D eigenvalue weighted by atomic mass is 16.5. The van der Waals surface area contributed by atoms with Gasteiger partial charge in [0.05, 0.1) is 13.0 Å². The predicted molar refractivity (Wildman–Crippen MR) is 108 cm³/mol. The smallest absolute Gasteiger partial charge is 0.306 e. The summed E-state index contributed by atoms with van der Waals surface area (Å²) in [6.45, 7) is 2.34. The van der Waals surface area contributed by atoms with Crippen molar-refractivity contribution in [3.8, 4) is 5.75 Å². The average Bonchev–Trinajstić information content (AvgIpc) is 2.70. The SMILES string of the molecule is CCOc1ccc(C(=O)CCC(=O)OCC(=O)C23CC4CC(CC(C4)C2)C3)cc1. The van der Waals surface area contributed by atoms with E-state index in [-0.39, 0.29) is 36.4 Å². The standard InChI is InChI=1S/C24H30O5/c1-2-28-20-5-3-19(4-6-20)21(25)7-8-23(27)29-15-22(26)24-12-16-9-17(13-24)11-18(10-16)14-24/h3-6,16-18H,2,7-15H2,1H3. The van der Waals surface area contributed by atoms with Crippen LogP contribution in [0.4, 0.5) is 0 Å². The fourth-order valence-electron chi connectivity index (χ4n) is 6.09. The summed E-state index contributed by atoms with van der Waals surface area (Å²) < 4.78 is 10.6. The lowest BCUT2D eigenvalue weighted by atomic mass is 9.48. The van der Waals surface area contributed by atoms with Crippen molar-refractivity contribution in [3.63, 3.8) is 0 Å². The lowest BCUT2D eigenvalue weighted by molar-refractivity contribution is -0.157. The minimum atomic E-state index is -0.470. The molecule has 5 heteroatoms. The molecule has 4 fully saturated rings. The lowest BCUT2D eigenvalue weighted by Gasteiger charge is -2.55. The molecule has 0 radical (unpaired) electrons. The molecular formula is C24H30O5. The van der Waals surface area contributed by atoms with Crippen LogP contribution in [0.1, 0.15) is 68.6 Å². The van der Waals surface area contributed by atoms with Gasteiger partial charge in [-0.3, -0.25) is 14.4 Å². The number of ketones is 2. The number of rotatable bonds is 9. The van der Waals surface area contributed by atoms with Crippen molar-refractivity contribution < 1.29 is 23.9 Å². The van der Waals surface area contributed by atoms with Gasteiger partial charge < -0.3 is 9.47 Å². The van der Waals surface area contributed by atoms with Gasteiger partial charge in [-0.05, 0) is 87.5 Å². The zero-order valence-electron chi connectivity index (χ0n) is 17.2. The quantitative estimate of drug-likeness (QED) is 0.456. The maximum absolute atomic E-state index is 12.9. The summed E-state index contributed by atoms with van der Waals surface area (Å²) in [6, 6.07) is 6.91. The summed E-state index contributed by atoms with van der Waals surface area (Å²) in [7, 11) is 0. The number of hydrogen-bond acceptors (Lipinski definition) is 5. The van der Waals surface area contributed by atoms with Crippen molar-refractivity contribution in [2.45, 2.75) is 58.3 Å². The molecule has 0 atom stereocenters. The van der Waals surface area contributed by atoms with Crippen LogP contribution in [0.2, 0.25) is 0 Å². The molecule has 0 N–H and O–H groups in total. The van der Waals surface area contributed by atoms with Gasteiger partial charge in [0.2, 0.25) is 0 Å². The Morgan fingerprint density at radius 1 is 0.931 bits per heavy atom. The van der Waals surface area contributed by atoms with Gasteiger partial charge in [0.25, 0.3) is 0 Å². The second kappa shape index (κ2) is 8.29. The Morgan fingerprint density at radius 3 is 2.07 bits per heavy atom. The van der Waals surface area contributed by atoms with E-state index in [0.29, 0.717) is 35.7 Å². The molecule has 5 rings (SSSR count). The molecule has 4 aliphatic carbocycles. The predicted octanol–water partition coefficient (Wildman–Crippen LogP) is 4.38. The second-order valence-electron chi connectivity index (χ2n) is 9.16. The van der Waals surface area contributed by atoms with Crippen LogP contribution in [0, 0.1) is 23.2 Å². The van der Waals surface area contributed by atoms with Crippen LogP contribution >= 0.6 is 0 Å². The molecule has 0 spiro atoms. The molecule has 0 aromatic heterocycles. The van der Waals surface area contributed by atoms with Crippen LogP contribution in [-0.2, 0) is 14.3 Å². The first-order chi connectivity index (χ1) is 14.0.